The van der Waals surface area contributed by atoms with Crippen molar-refractivity contribution >= 4 is 71.7 Å². The highest BCUT2D eigenvalue weighted by Gasteiger charge is 2.21. The number of hydrogen-bond donors (Lipinski definition) is 0. The number of rotatable bonds is 6. The van der Waals surface area contributed by atoms with E-state index in [4.69, 9.17) is 8.83 Å². The monoisotopic (exact) mass is 703 g/mol. The van der Waals surface area contributed by atoms with E-state index in [2.05, 4.69) is 181 Å². The summed E-state index contributed by atoms with van der Waals surface area (Å²) in [7, 11) is 0. The molecule has 0 saturated carbocycles. The first kappa shape index (κ1) is 31.2. The third-order valence-electron chi connectivity index (χ3n) is 10.9. The van der Waals surface area contributed by atoms with Crippen molar-refractivity contribution in [1.82, 2.24) is 0 Å². The topological polar surface area (TPSA) is 29.5 Å². The molecule has 2 heterocycles. The van der Waals surface area contributed by atoms with Crippen LogP contribution in [0.25, 0.3) is 88.0 Å². The van der Waals surface area contributed by atoms with E-state index < -0.39 is 0 Å². The van der Waals surface area contributed by atoms with Crippen molar-refractivity contribution in [3.05, 3.63) is 200 Å². The summed E-state index contributed by atoms with van der Waals surface area (Å²) in [6.45, 7) is 0. The molecule has 0 spiro atoms. The number of benzene rings is 9. The van der Waals surface area contributed by atoms with E-state index in [0.29, 0.717) is 0 Å². The van der Waals surface area contributed by atoms with Gasteiger partial charge >= 0.3 is 0 Å². The van der Waals surface area contributed by atoms with Crippen LogP contribution < -0.4 is 4.90 Å². The molecule has 0 saturated heterocycles. The molecule has 0 aliphatic heterocycles. The third kappa shape index (κ3) is 5.20. The Morgan fingerprint density at radius 3 is 1.76 bits per heavy atom. The summed E-state index contributed by atoms with van der Waals surface area (Å²) in [4.78, 5) is 2.37. The zero-order valence-electron chi connectivity index (χ0n) is 29.8. The van der Waals surface area contributed by atoms with Gasteiger partial charge in [0, 0.05) is 44.0 Å². The van der Waals surface area contributed by atoms with Gasteiger partial charge in [-0.3, -0.25) is 0 Å². The van der Waals surface area contributed by atoms with Gasteiger partial charge in [0.1, 0.15) is 22.3 Å². The first-order chi connectivity index (χ1) is 27.3. The maximum atomic E-state index is 6.59. The predicted molar refractivity (Wildman–Crippen MR) is 229 cm³/mol. The standard InChI is InChI=1S/C52H33NO2/c1-2-16-40-34(12-1)13-10-20-41(40)35-26-29-38(30-27-35)53(39-15-9-14-36(32-39)37-28-31-51-47(33-37)44-19-5-7-24-49(44)54-51)48-23-6-3-17-42(48)45-21-11-22-46-43-18-4-8-25-50(43)55-52(45)46/h1-33H. The molecule has 0 aliphatic rings. The van der Waals surface area contributed by atoms with Crippen molar-refractivity contribution in [2.45, 2.75) is 0 Å². The molecule has 3 heteroatoms. The normalized spacial score (nSPS) is 11.6. The fourth-order valence-electron chi connectivity index (χ4n) is 8.28. The first-order valence-corrected chi connectivity index (χ1v) is 18.7. The van der Waals surface area contributed by atoms with E-state index in [0.717, 1.165) is 83.2 Å². The lowest BCUT2D eigenvalue weighted by Gasteiger charge is -2.28. The summed E-state index contributed by atoms with van der Waals surface area (Å²) in [6, 6.07) is 71.1. The van der Waals surface area contributed by atoms with Crippen LogP contribution in [-0.2, 0) is 0 Å². The molecule has 0 amide bonds. The van der Waals surface area contributed by atoms with Gasteiger partial charge in [-0.25, -0.2) is 0 Å². The SMILES string of the molecule is c1cc(-c2ccc3oc4ccccc4c3c2)cc(N(c2ccc(-c3cccc4ccccc34)cc2)c2ccccc2-c2cccc3c2oc2ccccc23)c1. The van der Waals surface area contributed by atoms with Gasteiger partial charge in [0.05, 0.1) is 5.69 Å². The first-order valence-electron chi connectivity index (χ1n) is 18.7. The summed E-state index contributed by atoms with van der Waals surface area (Å²) >= 11 is 0. The van der Waals surface area contributed by atoms with Crippen molar-refractivity contribution in [3.8, 4) is 33.4 Å². The molecule has 0 radical (unpaired) electrons. The Labute approximate surface area is 317 Å². The maximum Gasteiger partial charge on any atom is 0.143 e. The molecule has 0 unspecified atom stereocenters. The number of hydrogen-bond acceptors (Lipinski definition) is 3. The quantitative estimate of drug-likeness (QED) is 0.173. The fourth-order valence-corrected chi connectivity index (χ4v) is 8.28. The molecule has 11 rings (SSSR count). The van der Waals surface area contributed by atoms with Crippen LogP contribution in [0.5, 0.6) is 0 Å². The lowest BCUT2D eigenvalue weighted by molar-refractivity contribution is 0.669. The highest BCUT2D eigenvalue weighted by Crippen LogP contribution is 2.45. The van der Waals surface area contributed by atoms with Gasteiger partial charge in [0.2, 0.25) is 0 Å². The molecular formula is C52H33NO2. The molecule has 0 atom stereocenters. The van der Waals surface area contributed by atoms with E-state index in [-0.39, 0.29) is 0 Å². The molecule has 0 aliphatic carbocycles. The average molecular weight is 704 g/mol. The zero-order chi connectivity index (χ0) is 36.3. The van der Waals surface area contributed by atoms with E-state index in [1.807, 2.05) is 24.3 Å². The number of fused-ring (bicyclic) bond motifs is 7. The molecule has 2 aromatic heterocycles. The van der Waals surface area contributed by atoms with E-state index in [1.165, 1.54) is 21.9 Å². The molecule has 0 N–H and O–H groups in total. The Kier molecular flexibility index (Phi) is 7.17. The molecular weight excluding hydrogens is 671 g/mol. The smallest absolute Gasteiger partial charge is 0.143 e. The van der Waals surface area contributed by atoms with Crippen molar-refractivity contribution in [1.29, 1.82) is 0 Å². The van der Waals surface area contributed by atoms with Gasteiger partial charge in [-0.05, 0) is 87.6 Å². The summed E-state index contributed by atoms with van der Waals surface area (Å²) in [6.07, 6.45) is 0. The molecule has 11 aromatic rings. The van der Waals surface area contributed by atoms with Gasteiger partial charge < -0.3 is 13.7 Å². The second-order valence-corrected chi connectivity index (χ2v) is 14.1. The third-order valence-corrected chi connectivity index (χ3v) is 10.9. The largest absolute Gasteiger partial charge is 0.456 e. The molecule has 0 bridgehead atoms. The molecule has 258 valence electrons. The summed E-state index contributed by atoms with van der Waals surface area (Å²) in [5.74, 6) is 0. The van der Waals surface area contributed by atoms with Crippen molar-refractivity contribution in [2.75, 3.05) is 4.90 Å². The number of para-hydroxylation sites is 4. The van der Waals surface area contributed by atoms with Gasteiger partial charge in [0.15, 0.2) is 0 Å². The Bertz CT molecular complexity index is 3220. The van der Waals surface area contributed by atoms with Crippen molar-refractivity contribution in [3.63, 3.8) is 0 Å². The minimum atomic E-state index is 0.886. The lowest BCUT2D eigenvalue weighted by atomic mass is 9.97. The molecule has 9 aromatic carbocycles. The second kappa shape index (κ2) is 12.6. The summed E-state index contributed by atoms with van der Waals surface area (Å²) in [5.41, 5.74) is 13.5. The van der Waals surface area contributed by atoms with Crippen LogP contribution >= 0.6 is 0 Å². The Balaban J connectivity index is 1.10. The molecule has 55 heavy (non-hydrogen) atoms. The van der Waals surface area contributed by atoms with Crippen molar-refractivity contribution < 1.29 is 8.83 Å². The lowest BCUT2D eigenvalue weighted by Crippen LogP contribution is -2.11. The number of anilines is 3. The highest BCUT2D eigenvalue weighted by atomic mass is 16.3. The summed E-state index contributed by atoms with van der Waals surface area (Å²) < 4.78 is 12.8. The zero-order valence-corrected chi connectivity index (χ0v) is 29.8. The Hall–Kier alpha value is -7.36. The maximum absolute atomic E-state index is 6.59. The summed E-state index contributed by atoms with van der Waals surface area (Å²) in [5, 5.41) is 6.94. The minimum Gasteiger partial charge on any atom is -0.456 e. The van der Waals surface area contributed by atoms with Crippen LogP contribution in [0.2, 0.25) is 0 Å². The Morgan fingerprint density at radius 2 is 0.891 bits per heavy atom. The highest BCUT2D eigenvalue weighted by molar-refractivity contribution is 6.11. The van der Waals surface area contributed by atoms with Crippen LogP contribution in [0, 0.1) is 0 Å². The van der Waals surface area contributed by atoms with Gasteiger partial charge in [-0.2, -0.15) is 0 Å². The van der Waals surface area contributed by atoms with Crippen LogP contribution in [0.15, 0.2) is 209 Å². The fraction of sp³-hybridized carbons (Fsp3) is 0. The minimum absolute atomic E-state index is 0.886. The number of furan rings is 2. The van der Waals surface area contributed by atoms with Gasteiger partial charge in [0.25, 0.3) is 0 Å². The average Bonchev–Trinajstić information content (AvgIpc) is 3.83. The van der Waals surface area contributed by atoms with E-state index in [1.54, 1.807) is 0 Å². The van der Waals surface area contributed by atoms with E-state index in [9.17, 15) is 0 Å². The van der Waals surface area contributed by atoms with Crippen LogP contribution in [0.3, 0.4) is 0 Å². The van der Waals surface area contributed by atoms with Crippen LogP contribution in [-0.4, -0.2) is 0 Å². The van der Waals surface area contributed by atoms with Gasteiger partial charge in [-0.1, -0.05) is 146 Å². The second-order valence-electron chi connectivity index (χ2n) is 14.1. The molecule has 3 nitrogen and oxygen atoms in total. The molecule has 0 fully saturated rings. The van der Waals surface area contributed by atoms with Crippen LogP contribution in [0.4, 0.5) is 17.1 Å². The van der Waals surface area contributed by atoms with Gasteiger partial charge in [-0.15, -0.1) is 0 Å². The predicted octanol–water partition coefficient (Wildman–Crippen LogP) is 15.1. The number of nitrogens with zero attached hydrogens (tertiary/aromatic N) is 1. The van der Waals surface area contributed by atoms with E-state index >= 15 is 0 Å². The van der Waals surface area contributed by atoms with Crippen molar-refractivity contribution in [2.24, 2.45) is 0 Å². The Morgan fingerprint density at radius 1 is 0.309 bits per heavy atom. The van der Waals surface area contributed by atoms with Crippen LogP contribution in [0.1, 0.15) is 0 Å².